The van der Waals surface area contributed by atoms with Crippen LogP contribution in [0.3, 0.4) is 0 Å². The summed E-state index contributed by atoms with van der Waals surface area (Å²) in [7, 11) is 0. The van der Waals surface area contributed by atoms with Gasteiger partial charge >= 0.3 is 0 Å². The number of benzene rings is 1. The van der Waals surface area contributed by atoms with E-state index in [9.17, 15) is 4.79 Å². The van der Waals surface area contributed by atoms with E-state index in [0.717, 1.165) is 29.7 Å². The molecule has 3 aromatic rings. The zero-order valence-corrected chi connectivity index (χ0v) is 11.6. The van der Waals surface area contributed by atoms with Gasteiger partial charge < -0.3 is 9.88 Å². The minimum Gasteiger partial charge on any atom is -0.369 e. The number of nitrogens with zero attached hydrogens (tertiary/aromatic N) is 3. The van der Waals surface area contributed by atoms with Gasteiger partial charge in [0.05, 0.1) is 5.52 Å². The summed E-state index contributed by atoms with van der Waals surface area (Å²) >= 11 is 0. The third-order valence-electron chi connectivity index (χ3n) is 3.31. The molecule has 0 unspecified atom stereocenters. The van der Waals surface area contributed by atoms with E-state index >= 15 is 0 Å². The molecule has 2 heterocycles. The smallest absolute Gasteiger partial charge is 0.250 e. The van der Waals surface area contributed by atoms with Crippen LogP contribution >= 0.6 is 0 Å². The number of para-hydroxylation sites is 1. The number of aryl methyl sites for hydroxylation is 1. The van der Waals surface area contributed by atoms with Gasteiger partial charge in [0.25, 0.3) is 0 Å². The van der Waals surface area contributed by atoms with E-state index < -0.39 is 0 Å². The molecular formula is C16H16N4O. The van der Waals surface area contributed by atoms with Crippen LogP contribution in [0.1, 0.15) is 6.42 Å². The topological polar surface area (TPSA) is 59.8 Å². The summed E-state index contributed by atoms with van der Waals surface area (Å²) in [6.07, 6.45) is 4.22. The Labute approximate surface area is 122 Å². The maximum Gasteiger partial charge on any atom is 0.250 e. The number of nitrogens with one attached hydrogen (secondary N) is 1. The molecule has 0 atom stereocenters. The molecule has 106 valence electrons. The lowest BCUT2D eigenvalue weighted by Gasteiger charge is -2.09. The molecule has 1 N–H and O–H groups in total. The molecule has 0 bridgehead atoms. The Morgan fingerprint density at radius 3 is 2.81 bits per heavy atom. The van der Waals surface area contributed by atoms with Crippen LogP contribution < -0.4 is 10.9 Å². The van der Waals surface area contributed by atoms with Crippen molar-refractivity contribution in [3.05, 3.63) is 65.3 Å². The summed E-state index contributed by atoms with van der Waals surface area (Å²) in [4.78, 5) is 20.1. The lowest BCUT2D eigenvalue weighted by Crippen LogP contribution is -2.19. The average Bonchev–Trinajstić information content (AvgIpc) is 2.53. The summed E-state index contributed by atoms with van der Waals surface area (Å²) in [5, 5.41) is 4.32. The van der Waals surface area contributed by atoms with Crippen molar-refractivity contribution in [3.63, 3.8) is 0 Å². The van der Waals surface area contributed by atoms with Gasteiger partial charge in [-0.1, -0.05) is 18.2 Å². The Morgan fingerprint density at radius 1 is 1.05 bits per heavy atom. The normalized spacial score (nSPS) is 10.7. The van der Waals surface area contributed by atoms with Gasteiger partial charge in [-0.15, -0.1) is 0 Å². The molecule has 2 aromatic heterocycles. The molecule has 0 spiro atoms. The van der Waals surface area contributed by atoms with Crippen molar-refractivity contribution in [1.82, 2.24) is 14.5 Å². The van der Waals surface area contributed by atoms with E-state index in [4.69, 9.17) is 0 Å². The minimum absolute atomic E-state index is 0.0324. The quantitative estimate of drug-likeness (QED) is 0.728. The Hall–Kier alpha value is -2.69. The summed E-state index contributed by atoms with van der Waals surface area (Å²) in [6.45, 7) is 1.44. The zero-order valence-electron chi connectivity index (χ0n) is 11.6. The monoisotopic (exact) mass is 280 g/mol. The van der Waals surface area contributed by atoms with Crippen LogP contribution in [-0.4, -0.2) is 21.1 Å². The molecule has 5 heteroatoms. The van der Waals surface area contributed by atoms with Crippen LogP contribution in [0.15, 0.2) is 59.8 Å². The SMILES string of the molecule is O=c1ccccn1CCCNc1ncnc2ccccc12. The van der Waals surface area contributed by atoms with Gasteiger partial charge in [-0.2, -0.15) is 0 Å². The van der Waals surface area contributed by atoms with Crippen molar-refractivity contribution in [2.24, 2.45) is 0 Å². The molecule has 0 saturated carbocycles. The second-order valence-corrected chi connectivity index (χ2v) is 4.75. The lowest BCUT2D eigenvalue weighted by molar-refractivity contribution is 0.638. The van der Waals surface area contributed by atoms with Gasteiger partial charge in [-0.05, 0) is 24.6 Å². The molecule has 0 fully saturated rings. The molecule has 0 radical (unpaired) electrons. The summed E-state index contributed by atoms with van der Waals surface area (Å²) in [6, 6.07) is 13.1. The molecule has 5 nitrogen and oxygen atoms in total. The fourth-order valence-electron chi connectivity index (χ4n) is 2.25. The number of hydrogen-bond acceptors (Lipinski definition) is 4. The number of pyridine rings is 1. The predicted octanol–water partition coefficient (Wildman–Crippen LogP) is 2.29. The van der Waals surface area contributed by atoms with Crippen molar-refractivity contribution in [3.8, 4) is 0 Å². The van der Waals surface area contributed by atoms with E-state index in [-0.39, 0.29) is 5.56 Å². The molecule has 0 aliphatic carbocycles. The highest BCUT2D eigenvalue weighted by Gasteiger charge is 2.01. The fourth-order valence-corrected chi connectivity index (χ4v) is 2.25. The predicted molar refractivity (Wildman–Crippen MR) is 83.3 cm³/mol. The second kappa shape index (κ2) is 6.17. The molecule has 0 saturated heterocycles. The van der Waals surface area contributed by atoms with Crippen LogP contribution in [0.25, 0.3) is 10.9 Å². The Kier molecular flexibility index (Phi) is 3.91. The largest absolute Gasteiger partial charge is 0.369 e. The van der Waals surface area contributed by atoms with Gasteiger partial charge in [0.15, 0.2) is 0 Å². The molecule has 0 amide bonds. The van der Waals surface area contributed by atoms with E-state index in [0.29, 0.717) is 6.54 Å². The number of aromatic nitrogens is 3. The number of rotatable bonds is 5. The van der Waals surface area contributed by atoms with E-state index in [2.05, 4.69) is 15.3 Å². The summed E-state index contributed by atoms with van der Waals surface area (Å²) in [5.41, 5.74) is 0.958. The van der Waals surface area contributed by atoms with E-state index in [1.807, 2.05) is 36.5 Å². The molecule has 1 aromatic carbocycles. The van der Waals surface area contributed by atoms with Crippen LogP contribution in [0.5, 0.6) is 0 Å². The van der Waals surface area contributed by atoms with Gasteiger partial charge in [-0.25, -0.2) is 9.97 Å². The zero-order chi connectivity index (χ0) is 14.5. The third-order valence-corrected chi connectivity index (χ3v) is 3.31. The van der Waals surface area contributed by atoms with Gasteiger partial charge in [0.1, 0.15) is 12.1 Å². The van der Waals surface area contributed by atoms with Crippen LogP contribution in [-0.2, 0) is 6.54 Å². The van der Waals surface area contributed by atoms with Crippen LogP contribution in [0.2, 0.25) is 0 Å². The molecule has 0 aliphatic rings. The first-order valence-corrected chi connectivity index (χ1v) is 6.94. The lowest BCUT2D eigenvalue weighted by atomic mass is 10.2. The first kappa shape index (κ1) is 13.3. The minimum atomic E-state index is 0.0324. The Bertz CT molecular complexity index is 792. The van der Waals surface area contributed by atoms with Crippen LogP contribution in [0, 0.1) is 0 Å². The third kappa shape index (κ3) is 3.08. The van der Waals surface area contributed by atoms with Gasteiger partial charge in [0.2, 0.25) is 5.56 Å². The number of anilines is 1. The molecule has 21 heavy (non-hydrogen) atoms. The maximum absolute atomic E-state index is 11.6. The number of fused-ring (bicyclic) bond motifs is 1. The van der Waals surface area contributed by atoms with Crippen molar-refractivity contribution in [2.75, 3.05) is 11.9 Å². The highest BCUT2D eigenvalue weighted by Crippen LogP contribution is 2.17. The Morgan fingerprint density at radius 2 is 1.90 bits per heavy atom. The summed E-state index contributed by atoms with van der Waals surface area (Å²) in [5.74, 6) is 0.834. The standard InChI is InChI=1S/C16H16N4O/c21-15-8-3-4-10-20(15)11-5-9-17-16-13-6-1-2-7-14(13)18-12-19-16/h1-4,6-8,10,12H,5,9,11H2,(H,17,18,19). The van der Waals surface area contributed by atoms with Crippen molar-refractivity contribution < 1.29 is 0 Å². The average molecular weight is 280 g/mol. The highest BCUT2D eigenvalue weighted by atomic mass is 16.1. The van der Waals surface area contributed by atoms with E-state index in [1.54, 1.807) is 23.0 Å². The van der Waals surface area contributed by atoms with Crippen LogP contribution in [0.4, 0.5) is 5.82 Å². The molecule has 0 aliphatic heterocycles. The summed E-state index contributed by atoms with van der Waals surface area (Å²) < 4.78 is 1.71. The maximum atomic E-state index is 11.6. The van der Waals surface area contributed by atoms with Crippen molar-refractivity contribution in [2.45, 2.75) is 13.0 Å². The second-order valence-electron chi connectivity index (χ2n) is 4.75. The van der Waals surface area contributed by atoms with E-state index in [1.165, 1.54) is 0 Å². The van der Waals surface area contributed by atoms with Gasteiger partial charge in [-0.3, -0.25) is 4.79 Å². The molecule has 3 rings (SSSR count). The van der Waals surface area contributed by atoms with Crippen molar-refractivity contribution >= 4 is 16.7 Å². The van der Waals surface area contributed by atoms with Gasteiger partial charge in [0, 0.05) is 30.7 Å². The first-order valence-electron chi connectivity index (χ1n) is 6.94. The molecular weight excluding hydrogens is 264 g/mol. The Balaban J connectivity index is 1.63. The first-order chi connectivity index (χ1) is 10.3. The highest BCUT2D eigenvalue weighted by molar-refractivity contribution is 5.88. The van der Waals surface area contributed by atoms with Crippen molar-refractivity contribution in [1.29, 1.82) is 0 Å². The fraction of sp³-hybridized carbons (Fsp3) is 0.188. The number of hydrogen-bond donors (Lipinski definition) is 1.